The third-order valence-electron chi connectivity index (χ3n) is 3.79. The molecule has 0 bridgehead atoms. The minimum atomic E-state index is -0.335. The third kappa shape index (κ3) is 3.61. The van der Waals surface area contributed by atoms with Crippen molar-refractivity contribution >= 4 is 0 Å². The van der Waals surface area contributed by atoms with Gasteiger partial charge in [-0.2, -0.15) is 0 Å². The van der Waals surface area contributed by atoms with Crippen molar-refractivity contribution in [3.8, 4) is 11.5 Å². The van der Waals surface area contributed by atoms with Crippen molar-refractivity contribution < 1.29 is 9.13 Å². The van der Waals surface area contributed by atoms with Crippen molar-refractivity contribution in [2.75, 3.05) is 0 Å². The van der Waals surface area contributed by atoms with Crippen molar-refractivity contribution in [2.24, 2.45) is 0 Å². The topological polar surface area (TPSA) is 21.3 Å². The first-order valence-electron chi connectivity index (χ1n) is 7.39. The molecule has 110 valence electrons. The average Bonchev–Trinajstić information content (AvgIpc) is 3.26. The lowest BCUT2D eigenvalue weighted by atomic mass is 10.1. The zero-order valence-electron chi connectivity index (χ0n) is 12.4. The molecule has 0 aliphatic heterocycles. The van der Waals surface area contributed by atoms with Crippen LogP contribution >= 0.6 is 0 Å². The van der Waals surface area contributed by atoms with Gasteiger partial charge in [-0.25, -0.2) is 4.39 Å². The first-order chi connectivity index (χ1) is 10.1. The number of hydrogen-bond acceptors (Lipinski definition) is 2. The number of hydrogen-bond donors (Lipinski definition) is 1. The molecule has 21 heavy (non-hydrogen) atoms. The van der Waals surface area contributed by atoms with Crippen LogP contribution in [0.3, 0.4) is 0 Å². The van der Waals surface area contributed by atoms with Crippen LogP contribution in [0.5, 0.6) is 11.5 Å². The van der Waals surface area contributed by atoms with E-state index in [1.54, 1.807) is 12.1 Å². The predicted octanol–water partition coefficient (Wildman–Crippen LogP) is 4.49. The smallest absolute Gasteiger partial charge is 0.165 e. The number of halogens is 1. The number of ether oxygens (including phenoxy) is 1. The van der Waals surface area contributed by atoms with Crippen LogP contribution in [0.25, 0.3) is 0 Å². The van der Waals surface area contributed by atoms with Gasteiger partial charge in [0.2, 0.25) is 0 Å². The molecule has 0 aromatic heterocycles. The summed E-state index contributed by atoms with van der Waals surface area (Å²) in [5.74, 6) is 0.614. The fourth-order valence-electron chi connectivity index (χ4n) is 2.29. The molecule has 0 saturated heterocycles. The summed E-state index contributed by atoms with van der Waals surface area (Å²) in [6.45, 7) is 4.86. The molecule has 1 aliphatic carbocycles. The van der Waals surface area contributed by atoms with E-state index < -0.39 is 0 Å². The van der Waals surface area contributed by atoms with E-state index in [0.717, 1.165) is 17.7 Å². The molecule has 1 fully saturated rings. The molecular weight excluding hydrogens is 265 g/mol. The van der Waals surface area contributed by atoms with Crippen LogP contribution in [-0.4, -0.2) is 6.04 Å². The Balaban J connectivity index is 1.73. The summed E-state index contributed by atoms with van der Waals surface area (Å²) >= 11 is 0. The maximum Gasteiger partial charge on any atom is 0.165 e. The molecule has 2 aromatic carbocycles. The lowest BCUT2D eigenvalue weighted by Crippen LogP contribution is -2.15. The molecule has 1 saturated carbocycles. The van der Waals surface area contributed by atoms with E-state index in [0.29, 0.717) is 11.8 Å². The van der Waals surface area contributed by atoms with Gasteiger partial charge in [0.15, 0.2) is 11.6 Å². The Bertz CT molecular complexity index is 650. The van der Waals surface area contributed by atoms with Crippen molar-refractivity contribution in [1.82, 2.24) is 5.32 Å². The first kappa shape index (κ1) is 14.1. The van der Waals surface area contributed by atoms with Gasteiger partial charge in [0.05, 0.1) is 0 Å². The molecule has 1 N–H and O–H groups in total. The molecule has 0 unspecified atom stereocenters. The molecule has 1 aliphatic rings. The Hall–Kier alpha value is -1.87. The standard InChI is InChI=1S/C18H20FNO/c1-12-3-8-17(19)18(9-12)21-16-7-4-14(13(2)10-16)11-20-15-5-6-15/h3-4,7-10,15,20H,5-6,11H2,1-2H3. The maximum absolute atomic E-state index is 13.7. The van der Waals surface area contributed by atoms with Crippen molar-refractivity contribution in [1.29, 1.82) is 0 Å². The number of benzene rings is 2. The molecule has 0 atom stereocenters. The van der Waals surface area contributed by atoms with E-state index in [-0.39, 0.29) is 11.6 Å². The highest BCUT2D eigenvalue weighted by atomic mass is 19.1. The van der Waals surface area contributed by atoms with Gasteiger partial charge in [-0.15, -0.1) is 0 Å². The molecule has 0 radical (unpaired) electrons. The van der Waals surface area contributed by atoms with Crippen LogP contribution in [0.2, 0.25) is 0 Å². The normalized spacial score (nSPS) is 14.2. The second-order valence-electron chi connectivity index (χ2n) is 5.78. The highest BCUT2D eigenvalue weighted by molar-refractivity contribution is 5.39. The lowest BCUT2D eigenvalue weighted by molar-refractivity contribution is 0.441. The third-order valence-corrected chi connectivity index (χ3v) is 3.79. The average molecular weight is 285 g/mol. The summed E-state index contributed by atoms with van der Waals surface area (Å²) in [7, 11) is 0. The predicted molar refractivity (Wildman–Crippen MR) is 82.3 cm³/mol. The van der Waals surface area contributed by atoms with E-state index in [4.69, 9.17) is 4.74 Å². The molecular formula is C18H20FNO. The van der Waals surface area contributed by atoms with E-state index >= 15 is 0 Å². The maximum atomic E-state index is 13.7. The quantitative estimate of drug-likeness (QED) is 0.874. The summed E-state index contributed by atoms with van der Waals surface area (Å²) in [5, 5.41) is 3.50. The largest absolute Gasteiger partial charge is 0.454 e. The van der Waals surface area contributed by atoms with Gasteiger partial charge in [0.1, 0.15) is 5.75 Å². The van der Waals surface area contributed by atoms with Crippen LogP contribution < -0.4 is 10.1 Å². The molecule has 2 aromatic rings. The second kappa shape index (κ2) is 5.86. The van der Waals surface area contributed by atoms with E-state index in [9.17, 15) is 4.39 Å². The van der Waals surface area contributed by atoms with Crippen LogP contribution in [0.15, 0.2) is 36.4 Å². The minimum absolute atomic E-state index is 0.276. The van der Waals surface area contributed by atoms with Gasteiger partial charge >= 0.3 is 0 Å². The van der Waals surface area contributed by atoms with Crippen molar-refractivity contribution in [3.63, 3.8) is 0 Å². The highest BCUT2D eigenvalue weighted by Crippen LogP contribution is 2.27. The van der Waals surface area contributed by atoms with E-state index in [1.807, 2.05) is 25.1 Å². The Morgan fingerprint density at radius 1 is 1.14 bits per heavy atom. The molecule has 3 heteroatoms. The number of nitrogens with one attached hydrogen (secondary N) is 1. The summed E-state index contributed by atoms with van der Waals surface area (Å²) < 4.78 is 19.4. The van der Waals surface area contributed by atoms with Crippen molar-refractivity contribution in [2.45, 2.75) is 39.3 Å². The van der Waals surface area contributed by atoms with Crippen LogP contribution in [-0.2, 0) is 6.54 Å². The van der Waals surface area contributed by atoms with Gasteiger partial charge in [-0.3, -0.25) is 0 Å². The summed E-state index contributed by atoms with van der Waals surface area (Å²) in [6, 6.07) is 11.5. The highest BCUT2D eigenvalue weighted by Gasteiger charge is 2.20. The molecule has 0 spiro atoms. The zero-order chi connectivity index (χ0) is 14.8. The summed E-state index contributed by atoms with van der Waals surface area (Å²) in [6.07, 6.45) is 2.57. The van der Waals surface area contributed by atoms with E-state index in [1.165, 1.54) is 24.5 Å². The van der Waals surface area contributed by atoms with Crippen LogP contribution in [0, 0.1) is 19.7 Å². The Morgan fingerprint density at radius 3 is 2.67 bits per heavy atom. The van der Waals surface area contributed by atoms with Gasteiger partial charge < -0.3 is 10.1 Å². The molecule has 0 heterocycles. The second-order valence-corrected chi connectivity index (χ2v) is 5.78. The summed E-state index contributed by atoms with van der Waals surface area (Å²) in [4.78, 5) is 0. The van der Waals surface area contributed by atoms with Gasteiger partial charge in [0.25, 0.3) is 0 Å². The monoisotopic (exact) mass is 285 g/mol. The molecule has 0 amide bonds. The Labute approximate surface area is 125 Å². The van der Waals surface area contributed by atoms with Crippen LogP contribution in [0.1, 0.15) is 29.5 Å². The Kier molecular flexibility index (Phi) is 3.93. The fourth-order valence-corrected chi connectivity index (χ4v) is 2.29. The fraction of sp³-hybridized carbons (Fsp3) is 0.333. The van der Waals surface area contributed by atoms with Crippen LogP contribution in [0.4, 0.5) is 4.39 Å². The zero-order valence-corrected chi connectivity index (χ0v) is 12.4. The summed E-state index contributed by atoms with van der Waals surface area (Å²) in [5.41, 5.74) is 3.40. The molecule has 2 nitrogen and oxygen atoms in total. The minimum Gasteiger partial charge on any atom is -0.454 e. The van der Waals surface area contributed by atoms with Gasteiger partial charge in [0, 0.05) is 12.6 Å². The Morgan fingerprint density at radius 2 is 1.95 bits per heavy atom. The first-order valence-corrected chi connectivity index (χ1v) is 7.39. The van der Waals surface area contributed by atoms with E-state index in [2.05, 4.69) is 12.2 Å². The van der Waals surface area contributed by atoms with Gasteiger partial charge in [-0.1, -0.05) is 12.1 Å². The molecule has 3 rings (SSSR count). The van der Waals surface area contributed by atoms with Gasteiger partial charge in [-0.05, 0) is 67.6 Å². The SMILES string of the molecule is Cc1ccc(F)c(Oc2ccc(CNC3CC3)c(C)c2)c1. The number of rotatable bonds is 5. The van der Waals surface area contributed by atoms with Crippen molar-refractivity contribution in [3.05, 3.63) is 58.9 Å². The number of aryl methyl sites for hydroxylation is 2. The lowest BCUT2D eigenvalue weighted by Gasteiger charge is -2.11.